The van der Waals surface area contributed by atoms with Crippen LogP contribution in [0.2, 0.25) is 0 Å². The maximum Gasteiger partial charge on any atom is 0.119 e. The molecule has 0 saturated carbocycles. The Balaban J connectivity index is 2.21. The highest BCUT2D eigenvalue weighted by molar-refractivity contribution is 5.67. The second-order valence-corrected chi connectivity index (χ2v) is 3.39. The van der Waals surface area contributed by atoms with Crippen LogP contribution >= 0.6 is 0 Å². The number of benzene rings is 1. The first-order valence-electron chi connectivity index (χ1n) is 4.51. The SMILES string of the molecule is Nc1ccccc1N1CCC(F)C1. The molecule has 1 saturated heterocycles. The number of halogens is 1. The summed E-state index contributed by atoms with van der Waals surface area (Å²) in [6, 6.07) is 7.60. The number of hydrogen-bond donors (Lipinski definition) is 1. The van der Waals surface area contributed by atoms with Gasteiger partial charge in [0, 0.05) is 13.1 Å². The summed E-state index contributed by atoms with van der Waals surface area (Å²) in [7, 11) is 0. The molecule has 70 valence electrons. The van der Waals surface area contributed by atoms with Gasteiger partial charge in [-0.2, -0.15) is 0 Å². The standard InChI is InChI=1S/C10H13FN2/c11-8-5-6-13(7-8)10-4-2-1-3-9(10)12/h1-4,8H,5-7,12H2. The lowest BCUT2D eigenvalue weighted by Crippen LogP contribution is -2.20. The van der Waals surface area contributed by atoms with Crippen LogP contribution in [0.25, 0.3) is 0 Å². The molecule has 0 amide bonds. The Labute approximate surface area is 77.2 Å². The number of nitrogens with two attached hydrogens (primary N) is 1. The van der Waals surface area contributed by atoms with E-state index < -0.39 is 6.17 Å². The topological polar surface area (TPSA) is 29.3 Å². The van der Waals surface area contributed by atoms with Crippen LogP contribution in [0.3, 0.4) is 0 Å². The summed E-state index contributed by atoms with van der Waals surface area (Å²) in [4.78, 5) is 2.00. The lowest BCUT2D eigenvalue weighted by Gasteiger charge is -2.19. The predicted octanol–water partition coefficient (Wildman–Crippen LogP) is 1.82. The van der Waals surface area contributed by atoms with E-state index in [9.17, 15) is 4.39 Å². The van der Waals surface area contributed by atoms with Crippen molar-refractivity contribution in [3.63, 3.8) is 0 Å². The largest absolute Gasteiger partial charge is 0.397 e. The summed E-state index contributed by atoms with van der Waals surface area (Å²) in [5.74, 6) is 0. The highest BCUT2D eigenvalue weighted by atomic mass is 19.1. The van der Waals surface area contributed by atoms with Crippen LogP contribution in [-0.2, 0) is 0 Å². The lowest BCUT2D eigenvalue weighted by atomic mass is 10.2. The van der Waals surface area contributed by atoms with Crippen molar-refractivity contribution in [1.29, 1.82) is 0 Å². The smallest absolute Gasteiger partial charge is 0.119 e. The van der Waals surface area contributed by atoms with Gasteiger partial charge in [-0.15, -0.1) is 0 Å². The van der Waals surface area contributed by atoms with Crippen molar-refractivity contribution in [2.75, 3.05) is 23.7 Å². The monoisotopic (exact) mass is 180 g/mol. The van der Waals surface area contributed by atoms with Crippen molar-refractivity contribution in [3.05, 3.63) is 24.3 Å². The molecule has 1 fully saturated rings. The molecule has 1 atom stereocenters. The van der Waals surface area contributed by atoms with Gasteiger partial charge in [0.1, 0.15) is 6.17 Å². The number of rotatable bonds is 1. The van der Waals surface area contributed by atoms with E-state index in [2.05, 4.69) is 0 Å². The quantitative estimate of drug-likeness (QED) is 0.668. The fraction of sp³-hybridized carbons (Fsp3) is 0.400. The molecule has 13 heavy (non-hydrogen) atoms. The number of nitrogens with zero attached hydrogens (tertiary/aromatic N) is 1. The molecule has 0 spiro atoms. The molecule has 3 heteroatoms. The molecule has 2 N–H and O–H groups in total. The highest BCUT2D eigenvalue weighted by Gasteiger charge is 2.22. The van der Waals surface area contributed by atoms with E-state index >= 15 is 0 Å². The van der Waals surface area contributed by atoms with E-state index in [-0.39, 0.29) is 0 Å². The van der Waals surface area contributed by atoms with Crippen molar-refractivity contribution in [2.24, 2.45) is 0 Å². The molecular weight excluding hydrogens is 167 g/mol. The highest BCUT2D eigenvalue weighted by Crippen LogP contribution is 2.26. The lowest BCUT2D eigenvalue weighted by molar-refractivity contribution is 0.364. The van der Waals surface area contributed by atoms with Crippen molar-refractivity contribution >= 4 is 11.4 Å². The van der Waals surface area contributed by atoms with Crippen molar-refractivity contribution in [1.82, 2.24) is 0 Å². The minimum absolute atomic E-state index is 0.480. The summed E-state index contributed by atoms with van der Waals surface area (Å²) in [5, 5.41) is 0. The molecule has 0 radical (unpaired) electrons. The normalized spacial score (nSPS) is 22.2. The number of para-hydroxylation sites is 2. The average molecular weight is 180 g/mol. The van der Waals surface area contributed by atoms with Gasteiger partial charge in [0.15, 0.2) is 0 Å². The molecule has 0 aliphatic carbocycles. The number of alkyl halides is 1. The first kappa shape index (κ1) is 8.35. The van der Waals surface area contributed by atoms with Crippen LogP contribution in [0.5, 0.6) is 0 Å². The molecule has 1 aliphatic heterocycles. The van der Waals surface area contributed by atoms with Crippen LogP contribution in [0, 0.1) is 0 Å². The molecule has 1 aromatic carbocycles. The van der Waals surface area contributed by atoms with Gasteiger partial charge in [0.25, 0.3) is 0 Å². The van der Waals surface area contributed by atoms with E-state index in [4.69, 9.17) is 5.73 Å². The van der Waals surface area contributed by atoms with Gasteiger partial charge in [-0.3, -0.25) is 0 Å². The molecular formula is C10H13FN2. The third-order valence-electron chi connectivity index (χ3n) is 2.41. The Bertz CT molecular complexity index is 301. The Morgan fingerprint density at radius 2 is 2.15 bits per heavy atom. The number of hydrogen-bond acceptors (Lipinski definition) is 2. The van der Waals surface area contributed by atoms with Crippen LogP contribution in [0.4, 0.5) is 15.8 Å². The number of nitrogen functional groups attached to an aromatic ring is 1. The van der Waals surface area contributed by atoms with E-state index in [0.29, 0.717) is 13.0 Å². The van der Waals surface area contributed by atoms with Crippen molar-refractivity contribution in [2.45, 2.75) is 12.6 Å². The third-order valence-corrected chi connectivity index (χ3v) is 2.41. The molecule has 1 aromatic rings. The van der Waals surface area contributed by atoms with E-state index in [1.165, 1.54) is 0 Å². The number of anilines is 2. The molecule has 1 unspecified atom stereocenters. The van der Waals surface area contributed by atoms with Crippen LogP contribution in [0.15, 0.2) is 24.3 Å². The second-order valence-electron chi connectivity index (χ2n) is 3.39. The first-order chi connectivity index (χ1) is 6.27. The zero-order valence-electron chi connectivity index (χ0n) is 7.41. The van der Waals surface area contributed by atoms with Crippen molar-refractivity contribution < 1.29 is 4.39 Å². The summed E-state index contributed by atoms with van der Waals surface area (Å²) in [6.07, 6.45) is -0.0754. The van der Waals surface area contributed by atoms with Gasteiger partial charge in [0.05, 0.1) is 11.4 Å². The summed E-state index contributed by atoms with van der Waals surface area (Å²) < 4.78 is 12.9. The van der Waals surface area contributed by atoms with Crippen LogP contribution < -0.4 is 10.6 Å². The Morgan fingerprint density at radius 3 is 2.77 bits per heavy atom. The summed E-state index contributed by atoms with van der Waals surface area (Å²) >= 11 is 0. The fourth-order valence-corrected chi connectivity index (χ4v) is 1.71. The molecule has 1 aliphatic rings. The molecule has 2 nitrogen and oxygen atoms in total. The van der Waals surface area contributed by atoms with Gasteiger partial charge in [-0.05, 0) is 18.6 Å². The Morgan fingerprint density at radius 1 is 1.38 bits per heavy atom. The zero-order chi connectivity index (χ0) is 9.26. The summed E-state index contributed by atoms with van der Waals surface area (Å²) in [6.45, 7) is 1.25. The third kappa shape index (κ3) is 1.59. The van der Waals surface area contributed by atoms with E-state index in [0.717, 1.165) is 17.9 Å². The van der Waals surface area contributed by atoms with Gasteiger partial charge in [-0.1, -0.05) is 12.1 Å². The van der Waals surface area contributed by atoms with Gasteiger partial charge in [-0.25, -0.2) is 4.39 Å². The van der Waals surface area contributed by atoms with Gasteiger partial charge < -0.3 is 10.6 Å². The molecule has 1 heterocycles. The maximum absolute atomic E-state index is 12.9. The average Bonchev–Trinajstić information content (AvgIpc) is 2.53. The van der Waals surface area contributed by atoms with Gasteiger partial charge >= 0.3 is 0 Å². The van der Waals surface area contributed by atoms with E-state index in [1.54, 1.807) is 0 Å². The Kier molecular flexibility index (Phi) is 2.08. The maximum atomic E-state index is 12.9. The minimum atomic E-state index is -0.695. The van der Waals surface area contributed by atoms with E-state index in [1.807, 2.05) is 29.2 Å². The fourth-order valence-electron chi connectivity index (χ4n) is 1.71. The Hall–Kier alpha value is -1.25. The second kappa shape index (κ2) is 3.24. The van der Waals surface area contributed by atoms with Crippen LogP contribution in [-0.4, -0.2) is 19.3 Å². The van der Waals surface area contributed by atoms with Crippen LogP contribution in [0.1, 0.15) is 6.42 Å². The first-order valence-corrected chi connectivity index (χ1v) is 4.51. The van der Waals surface area contributed by atoms with Gasteiger partial charge in [0.2, 0.25) is 0 Å². The minimum Gasteiger partial charge on any atom is -0.397 e. The summed E-state index contributed by atoms with van der Waals surface area (Å²) in [5.41, 5.74) is 7.48. The predicted molar refractivity (Wildman–Crippen MR) is 52.6 cm³/mol. The zero-order valence-corrected chi connectivity index (χ0v) is 7.41. The van der Waals surface area contributed by atoms with Crippen molar-refractivity contribution in [3.8, 4) is 0 Å². The molecule has 0 aromatic heterocycles. The molecule has 0 bridgehead atoms. The molecule has 2 rings (SSSR count).